The molecule has 1 saturated carbocycles. The highest BCUT2D eigenvalue weighted by atomic mass is 15.0. The van der Waals surface area contributed by atoms with E-state index in [2.05, 4.69) is 58.8 Å². The molecule has 0 bridgehead atoms. The summed E-state index contributed by atoms with van der Waals surface area (Å²) in [6, 6.07) is 1.21. The molecule has 2 N–H and O–H groups in total. The SMILES string of the molecule is C=C(CCC)NCC1(C)CC(NC(C)C)CC(C)(C)C1. The summed E-state index contributed by atoms with van der Waals surface area (Å²) in [5, 5.41) is 7.34. The minimum atomic E-state index is 0.366. The summed E-state index contributed by atoms with van der Waals surface area (Å²) >= 11 is 0. The van der Waals surface area contributed by atoms with Crippen LogP contribution in [0.4, 0.5) is 0 Å². The molecule has 0 aromatic heterocycles. The van der Waals surface area contributed by atoms with Gasteiger partial charge in [-0.1, -0.05) is 54.5 Å². The third-order valence-electron chi connectivity index (χ3n) is 4.33. The summed E-state index contributed by atoms with van der Waals surface area (Å²) in [5.41, 5.74) is 1.99. The van der Waals surface area contributed by atoms with Gasteiger partial charge in [-0.25, -0.2) is 0 Å². The monoisotopic (exact) mass is 280 g/mol. The van der Waals surface area contributed by atoms with E-state index >= 15 is 0 Å². The Balaban J connectivity index is 2.63. The average molecular weight is 281 g/mol. The molecule has 0 saturated heterocycles. The van der Waals surface area contributed by atoms with Crippen LogP contribution in [0, 0.1) is 10.8 Å². The molecule has 0 aromatic rings. The first-order valence-corrected chi connectivity index (χ1v) is 8.33. The fourth-order valence-electron chi connectivity index (χ4n) is 4.09. The second-order valence-corrected chi connectivity index (χ2v) is 8.29. The van der Waals surface area contributed by atoms with Crippen LogP contribution in [0.5, 0.6) is 0 Å². The summed E-state index contributed by atoms with van der Waals surface area (Å²) in [4.78, 5) is 0. The topological polar surface area (TPSA) is 24.1 Å². The number of nitrogens with one attached hydrogen (secondary N) is 2. The quantitative estimate of drug-likeness (QED) is 0.719. The molecule has 20 heavy (non-hydrogen) atoms. The molecule has 118 valence electrons. The lowest BCUT2D eigenvalue weighted by atomic mass is 9.62. The predicted molar refractivity (Wildman–Crippen MR) is 89.8 cm³/mol. The van der Waals surface area contributed by atoms with Crippen molar-refractivity contribution in [2.75, 3.05) is 6.54 Å². The molecule has 1 aliphatic rings. The zero-order valence-electron chi connectivity index (χ0n) is 14.6. The fourth-order valence-corrected chi connectivity index (χ4v) is 4.09. The summed E-state index contributed by atoms with van der Waals surface area (Å²) in [6.45, 7) is 19.2. The van der Waals surface area contributed by atoms with E-state index in [0.717, 1.165) is 13.0 Å². The van der Waals surface area contributed by atoms with Gasteiger partial charge in [-0.3, -0.25) is 0 Å². The maximum Gasteiger partial charge on any atom is 0.0198 e. The maximum absolute atomic E-state index is 4.14. The van der Waals surface area contributed by atoms with Crippen LogP contribution in [0.1, 0.15) is 73.6 Å². The summed E-state index contributed by atoms with van der Waals surface area (Å²) in [6.07, 6.45) is 6.11. The Morgan fingerprint density at radius 2 is 1.90 bits per heavy atom. The number of hydrogen-bond acceptors (Lipinski definition) is 2. The first-order valence-electron chi connectivity index (χ1n) is 8.33. The van der Waals surface area contributed by atoms with Crippen LogP contribution in [-0.4, -0.2) is 18.6 Å². The zero-order valence-corrected chi connectivity index (χ0v) is 14.6. The second-order valence-electron chi connectivity index (χ2n) is 8.29. The maximum atomic E-state index is 4.14. The van der Waals surface area contributed by atoms with Crippen LogP contribution in [-0.2, 0) is 0 Å². The van der Waals surface area contributed by atoms with E-state index in [1.807, 2.05) is 0 Å². The smallest absolute Gasteiger partial charge is 0.0198 e. The lowest BCUT2D eigenvalue weighted by Crippen LogP contribution is -2.49. The lowest BCUT2D eigenvalue weighted by Gasteiger charge is -2.47. The molecule has 0 aliphatic heterocycles. The Morgan fingerprint density at radius 1 is 1.25 bits per heavy atom. The Morgan fingerprint density at radius 3 is 2.45 bits per heavy atom. The Hall–Kier alpha value is -0.500. The molecule has 1 fully saturated rings. The van der Waals surface area contributed by atoms with E-state index < -0.39 is 0 Å². The van der Waals surface area contributed by atoms with E-state index in [1.165, 1.54) is 31.4 Å². The molecule has 2 nitrogen and oxygen atoms in total. The minimum Gasteiger partial charge on any atom is -0.388 e. The van der Waals surface area contributed by atoms with Crippen molar-refractivity contribution in [2.45, 2.75) is 85.7 Å². The first kappa shape index (κ1) is 17.6. The highest BCUT2D eigenvalue weighted by Crippen LogP contribution is 2.45. The summed E-state index contributed by atoms with van der Waals surface area (Å²) in [7, 11) is 0. The van der Waals surface area contributed by atoms with Gasteiger partial charge in [0, 0.05) is 24.3 Å². The minimum absolute atomic E-state index is 0.366. The number of rotatable bonds is 7. The standard InChI is InChI=1S/C18H36N2/c1-8-9-15(4)19-13-18(7)11-16(20-14(2)3)10-17(5,6)12-18/h14,16,19-20H,4,8-13H2,1-3,5-7H3. The number of allylic oxidation sites excluding steroid dienone is 1. The third-order valence-corrected chi connectivity index (χ3v) is 4.33. The van der Waals surface area contributed by atoms with Crippen molar-refractivity contribution in [3.05, 3.63) is 12.3 Å². The molecule has 0 heterocycles. The van der Waals surface area contributed by atoms with E-state index in [4.69, 9.17) is 0 Å². The van der Waals surface area contributed by atoms with Crippen molar-refractivity contribution in [1.29, 1.82) is 0 Å². The van der Waals surface area contributed by atoms with Gasteiger partial charge in [-0.2, -0.15) is 0 Å². The van der Waals surface area contributed by atoms with Crippen LogP contribution in [0.3, 0.4) is 0 Å². The van der Waals surface area contributed by atoms with E-state index in [-0.39, 0.29) is 0 Å². The van der Waals surface area contributed by atoms with Crippen LogP contribution < -0.4 is 10.6 Å². The van der Waals surface area contributed by atoms with Gasteiger partial charge in [0.05, 0.1) is 0 Å². The highest BCUT2D eigenvalue weighted by Gasteiger charge is 2.41. The molecule has 2 unspecified atom stereocenters. The third kappa shape index (κ3) is 5.87. The summed E-state index contributed by atoms with van der Waals surface area (Å²) < 4.78 is 0. The van der Waals surface area contributed by atoms with Crippen molar-refractivity contribution < 1.29 is 0 Å². The normalized spacial score (nSPS) is 29.4. The molecule has 2 heteroatoms. The van der Waals surface area contributed by atoms with Crippen molar-refractivity contribution in [3.8, 4) is 0 Å². The molecule has 1 aliphatic carbocycles. The Kier molecular flexibility index (Phi) is 6.12. The largest absolute Gasteiger partial charge is 0.388 e. The van der Waals surface area contributed by atoms with Crippen molar-refractivity contribution >= 4 is 0 Å². The van der Waals surface area contributed by atoms with E-state index in [9.17, 15) is 0 Å². The Bertz CT molecular complexity index is 319. The molecule has 0 spiro atoms. The molecular formula is C18H36N2. The van der Waals surface area contributed by atoms with E-state index in [1.54, 1.807) is 0 Å². The molecule has 0 amide bonds. The second kappa shape index (κ2) is 6.98. The van der Waals surface area contributed by atoms with Gasteiger partial charge in [-0.15, -0.1) is 0 Å². The fraction of sp³-hybridized carbons (Fsp3) is 0.889. The molecular weight excluding hydrogens is 244 g/mol. The van der Waals surface area contributed by atoms with Crippen LogP contribution in [0.2, 0.25) is 0 Å². The lowest BCUT2D eigenvalue weighted by molar-refractivity contribution is 0.0693. The van der Waals surface area contributed by atoms with Crippen LogP contribution >= 0.6 is 0 Å². The highest BCUT2D eigenvalue weighted by molar-refractivity contribution is 4.99. The van der Waals surface area contributed by atoms with Gasteiger partial charge in [0.15, 0.2) is 0 Å². The van der Waals surface area contributed by atoms with Gasteiger partial charge in [0.2, 0.25) is 0 Å². The van der Waals surface area contributed by atoms with Crippen molar-refractivity contribution in [3.63, 3.8) is 0 Å². The molecule has 0 aromatic carbocycles. The number of hydrogen-bond donors (Lipinski definition) is 2. The first-order chi connectivity index (χ1) is 9.16. The van der Waals surface area contributed by atoms with Crippen molar-refractivity contribution in [1.82, 2.24) is 10.6 Å². The molecule has 2 atom stereocenters. The van der Waals surface area contributed by atoms with Gasteiger partial charge < -0.3 is 10.6 Å². The summed E-state index contributed by atoms with van der Waals surface area (Å²) in [5.74, 6) is 0. The van der Waals surface area contributed by atoms with Gasteiger partial charge in [-0.05, 0) is 36.5 Å². The Labute approximate surface area is 126 Å². The molecule has 1 rings (SSSR count). The molecule has 0 radical (unpaired) electrons. The predicted octanol–water partition coefficient (Wildman–Crippen LogP) is 4.47. The van der Waals surface area contributed by atoms with Gasteiger partial charge in [0.1, 0.15) is 0 Å². The zero-order chi connectivity index (χ0) is 15.4. The van der Waals surface area contributed by atoms with Crippen LogP contribution in [0.15, 0.2) is 12.3 Å². The van der Waals surface area contributed by atoms with Gasteiger partial charge >= 0.3 is 0 Å². The van der Waals surface area contributed by atoms with Crippen LogP contribution in [0.25, 0.3) is 0 Å². The average Bonchev–Trinajstić information content (AvgIpc) is 2.23. The van der Waals surface area contributed by atoms with Crippen molar-refractivity contribution in [2.24, 2.45) is 10.8 Å². The van der Waals surface area contributed by atoms with Gasteiger partial charge in [0.25, 0.3) is 0 Å². The van der Waals surface area contributed by atoms with E-state index in [0.29, 0.717) is 22.9 Å².